The average molecular weight is 193 g/mol. The van der Waals surface area contributed by atoms with Crippen molar-refractivity contribution in [3.8, 4) is 5.75 Å². The number of likely N-dealkylation sites (N-methyl/N-ethyl adjacent to an activating group) is 1. The number of benzene rings is 1. The molecule has 0 fully saturated rings. The van der Waals surface area contributed by atoms with Gasteiger partial charge in [0.15, 0.2) is 0 Å². The number of aryl methyl sites for hydroxylation is 1. The van der Waals surface area contributed by atoms with E-state index in [1.165, 1.54) is 5.56 Å². The molecular weight excluding hydrogens is 174 g/mol. The standard InChI is InChI=1S/C12H19NO/c1-9-5-6-11(14)10(7-9)8-12(2,3)13-4/h5-7,13-14H,8H2,1-4H3. The van der Waals surface area contributed by atoms with Gasteiger partial charge < -0.3 is 10.4 Å². The molecule has 0 amide bonds. The Kier molecular flexibility index (Phi) is 3.17. The molecule has 0 aliphatic rings. The van der Waals surface area contributed by atoms with Gasteiger partial charge in [-0.2, -0.15) is 0 Å². The molecule has 0 heterocycles. The van der Waals surface area contributed by atoms with E-state index >= 15 is 0 Å². The lowest BCUT2D eigenvalue weighted by Crippen LogP contribution is -2.38. The van der Waals surface area contributed by atoms with Crippen LogP contribution >= 0.6 is 0 Å². The zero-order valence-electron chi connectivity index (χ0n) is 9.39. The molecule has 1 aromatic rings. The Hall–Kier alpha value is -1.02. The molecule has 0 radical (unpaired) electrons. The summed E-state index contributed by atoms with van der Waals surface area (Å²) in [6, 6.07) is 5.72. The van der Waals surface area contributed by atoms with Crippen LogP contribution in [0.3, 0.4) is 0 Å². The normalized spacial score (nSPS) is 11.7. The van der Waals surface area contributed by atoms with Gasteiger partial charge in [0.05, 0.1) is 0 Å². The molecule has 1 aromatic carbocycles. The van der Waals surface area contributed by atoms with Gasteiger partial charge in [-0.1, -0.05) is 17.7 Å². The Morgan fingerprint density at radius 1 is 1.36 bits per heavy atom. The zero-order valence-corrected chi connectivity index (χ0v) is 9.39. The van der Waals surface area contributed by atoms with Crippen molar-refractivity contribution < 1.29 is 5.11 Å². The number of rotatable bonds is 3. The second kappa shape index (κ2) is 4.01. The van der Waals surface area contributed by atoms with Gasteiger partial charge in [-0.3, -0.25) is 0 Å². The van der Waals surface area contributed by atoms with Gasteiger partial charge in [-0.25, -0.2) is 0 Å². The van der Waals surface area contributed by atoms with Crippen LogP contribution in [-0.2, 0) is 6.42 Å². The largest absolute Gasteiger partial charge is 0.508 e. The molecule has 2 heteroatoms. The van der Waals surface area contributed by atoms with Crippen LogP contribution in [0.2, 0.25) is 0 Å². The van der Waals surface area contributed by atoms with E-state index in [2.05, 4.69) is 19.2 Å². The van der Waals surface area contributed by atoms with E-state index in [1.807, 2.05) is 26.1 Å². The third-order valence-corrected chi connectivity index (χ3v) is 2.54. The highest BCUT2D eigenvalue weighted by atomic mass is 16.3. The quantitative estimate of drug-likeness (QED) is 0.771. The highest BCUT2D eigenvalue weighted by Gasteiger charge is 2.17. The summed E-state index contributed by atoms with van der Waals surface area (Å²) in [6.07, 6.45) is 0.830. The van der Waals surface area contributed by atoms with Gasteiger partial charge >= 0.3 is 0 Å². The van der Waals surface area contributed by atoms with Gasteiger partial charge in [0, 0.05) is 5.54 Å². The van der Waals surface area contributed by atoms with Crippen molar-refractivity contribution in [3.63, 3.8) is 0 Å². The van der Waals surface area contributed by atoms with Crippen molar-refractivity contribution in [2.45, 2.75) is 32.7 Å². The SMILES string of the molecule is CNC(C)(C)Cc1cc(C)ccc1O. The summed E-state index contributed by atoms with van der Waals surface area (Å²) in [6.45, 7) is 6.28. The highest BCUT2D eigenvalue weighted by Crippen LogP contribution is 2.22. The van der Waals surface area contributed by atoms with Gasteiger partial charge in [0.1, 0.15) is 5.75 Å². The van der Waals surface area contributed by atoms with Crippen LogP contribution in [0.5, 0.6) is 5.75 Å². The smallest absolute Gasteiger partial charge is 0.118 e. The molecule has 1 rings (SSSR count). The molecule has 2 N–H and O–H groups in total. The van der Waals surface area contributed by atoms with Crippen molar-refractivity contribution >= 4 is 0 Å². The molecule has 78 valence electrons. The first-order chi connectivity index (χ1) is 6.44. The molecule has 0 aliphatic heterocycles. The molecule has 0 saturated carbocycles. The molecule has 0 bridgehead atoms. The summed E-state index contributed by atoms with van der Waals surface area (Å²) in [4.78, 5) is 0. The van der Waals surface area contributed by atoms with E-state index in [0.29, 0.717) is 5.75 Å². The maximum absolute atomic E-state index is 9.67. The molecule has 0 unspecified atom stereocenters. The maximum Gasteiger partial charge on any atom is 0.118 e. The predicted octanol–water partition coefficient (Wildman–Crippen LogP) is 2.24. The number of aromatic hydroxyl groups is 1. The van der Waals surface area contributed by atoms with Crippen LogP contribution in [0.1, 0.15) is 25.0 Å². The summed E-state index contributed by atoms with van der Waals surface area (Å²) in [5.41, 5.74) is 2.21. The van der Waals surface area contributed by atoms with Crippen LogP contribution in [-0.4, -0.2) is 17.7 Å². The fourth-order valence-corrected chi connectivity index (χ4v) is 1.42. The lowest BCUT2D eigenvalue weighted by atomic mass is 9.94. The first-order valence-corrected chi connectivity index (χ1v) is 4.92. The van der Waals surface area contributed by atoms with Crippen molar-refractivity contribution in [3.05, 3.63) is 29.3 Å². The lowest BCUT2D eigenvalue weighted by Gasteiger charge is -2.24. The number of hydrogen-bond acceptors (Lipinski definition) is 2. The molecule has 0 saturated heterocycles. The summed E-state index contributed by atoms with van der Waals surface area (Å²) in [7, 11) is 1.94. The maximum atomic E-state index is 9.67. The highest BCUT2D eigenvalue weighted by molar-refractivity contribution is 5.36. The molecule has 0 aromatic heterocycles. The summed E-state index contributed by atoms with van der Waals surface area (Å²) >= 11 is 0. The number of phenolic OH excluding ortho intramolecular Hbond substituents is 1. The van der Waals surface area contributed by atoms with Gasteiger partial charge in [-0.05, 0) is 45.9 Å². The minimum atomic E-state index is 0.0191. The zero-order chi connectivity index (χ0) is 10.8. The fourth-order valence-electron chi connectivity index (χ4n) is 1.42. The van der Waals surface area contributed by atoms with Gasteiger partial charge in [0.2, 0.25) is 0 Å². The molecular formula is C12H19NO. The first kappa shape index (κ1) is 11.1. The average Bonchev–Trinajstić information content (AvgIpc) is 2.11. The summed E-state index contributed by atoms with van der Waals surface area (Å²) in [5.74, 6) is 0.388. The molecule has 0 atom stereocenters. The topological polar surface area (TPSA) is 32.3 Å². The minimum absolute atomic E-state index is 0.0191. The fraction of sp³-hybridized carbons (Fsp3) is 0.500. The molecule has 0 spiro atoms. The molecule has 2 nitrogen and oxygen atoms in total. The second-order valence-electron chi connectivity index (χ2n) is 4.44. The third kappa shape index (κ3) is 2.74. The Morgan fingerprint density at radius 3 is 2.57 bits per heavy atom. The van der Waals surface area contributed by atoms with Crippen molar-refractivity contribution in [1.29, 1.82) is 0 Å². The third-order valence-electron chi connectivity index (χ3n) is 2.54. The Balaban J connectivity index is 2.91. The van der Waals surface area contributed by atoms with Crippen molar-refractivity contribution in [1.82, 2.24) is 5.32 Å². The van der Waals surface area contributed by atoms with Crippen LogP contribution in [0.15, 0.2) is 18.2 Å². The van der Waals surface area contributed by atoms with E-state index < -0.39 is 0 Å². The van der Waals surface area contributed by atoms with Crippen molar-refractivity contribution in [2.75, 3.05) is 7.05 Å². The van der Waals surface area contributed by atoms with E-state index in [-0.39, 0.29) is 5.54 Å². The summed E-state index contributed by atoms with van der Waals surface area (Å²) < 4.78 is 0. The van der Waals surface area contributed by atoms with E-state index in [1.54, 1.807) is 6.07 Å². The number of hydrogen-bond donors (Lipinski definition) is 2. The predicted molar refractivity (Wildman–Crippen MR) is 59.7 cm³/mol. The molecule has 0 aliphatic carbocycles. The molecule has 14 heavy (non-hydrogen) atoms. The van der Waals surface area contributed by atoms with Crippen LogP contribution in [0.4, 0.5) is 0 Å². The van der Waals surface area contributed by atoms with Gasteiger partial charge in [-0.15, -0.1) is 0 Å². The second-order valence-corrected chi connectivity index (χ2v) is 4.44. The van der Waals surface area contributed by atoms with E-state index in [4.69, 9.17) is 0 Å². The van der Waals surface area contributed by atoms with Crippen LogP contribution in [0.25, 0.3) is 0 Å². The van der Waals surface area contributed by atoms with Crippen molar-refractivity contribution in [2.24, 2.45) is 0 Å². The van der Waals surface area contributed by atoms with E-state index in [9.17, 15) is 5.11 Å². The lowest BCUT2D eigenvalue weighted by molar-refractivity contribution is 0.405. The Bertz CT molecular complexity index is 318. The Morgan fingerprint density at radius 2 is 2.00 bits per heavy atom. The first-order valence-electron chi connectivity index (χ1n) is 4.92. The number of nitrogens with one attached hydrogen (secondary N) is 1. The van der Waals surface area contributed by atoms with E-state index in [0.717, 1.165) is 12.0 Å². The van der Waals surface area contributed by atoms with Gasteiger partial charge in [0.25, 0.3) is 0 Å². The Labute approximate surface area is 86.0 Å². The summed E-state index contributed by atoms with van der Waals surface area (Å²) in [5, 5.41) is 12.9. The van der Waals surface area contributed by atoms with Crippen LogP contribution < -0.4 is 5.32 Å². The monoisotopic (exact) mass is 193 g/mol. The minimum Gasteiger partial charge on any atom is -0.508 e. The van der Waals surface area contributed by atoms with Crippen LogP contribution in [0, 0.1) is 6.92 Å². The number of phenols is 1.